The first-order chi connectivity index (χ1) is 6.86. The van der Waals surface area contributed by atoms with E-state index >= 15 is 0 Å². The summed E-state index contributed by atoms with van der Waals surface area (Å²) in [6.45, 7) is -1.40. The topological polar surface area (TPSA) is 46.2 Å². The van der Waals surface area contributed by atoms with Gasteiger partial charge in [0.15, 0.2) is 0 Å². The molecule has 0 aliphatic rings. The first kappa shape index (κ1) is 15.5. The zero-order valence-electron chi connectivity index (χ0n) is 7.96. The van der Waals surface area contributed by atoms with Crippen molar-refractivity contribution in [2.75, 3.05) is 6.61 Å². The van der Waals surface area contributed by atoms with E-state index in [9.17, 15) is 13.2 Å². The van der Waals surface area contributed by atoms with E-state index in [1.54, 1.807) is 0 Å². The van der Waals surface area contributed by atoms with Gasteiger partial charge in [-0.1, -0.05) is 11.6 Å². The predicted molar refractivity (Wildman–Crippen MR) is 57.6 cm³/mol. The van der Waals surface area contributed by atoms with Gasteiger partial charge in [0.2, 0.25) is 0 Å². The Labute approximate surface area is 102 Å². The second-order valence-electron chi connectivity index (χ2n) is 3.10. The lowest BCUT2D eigenvalue weighted by atomic mass is 10.0. The van der Waals surface area contributed by atoms with Crippen LogP contribution in [0.25, 0.3) is 0 Å². The van der Waals surface area contributed by atoms with Gasteiger partial charge in [0.25, 0.3) is 5.92 Å². The molecule has 1 aromatic carbocycles. The van der Waals surface area contributed by atoms with Gasteiger partial charge in [0, 0.05) is 5.02 Å². The zero-order valence-corrected chi connectivity index (χ0v) is 9.53. The summed E-state index contributed by atoms with van der Waals surface area (Å²) >= 11 is 5.48. The Bertz CT molecular complexity index is 342. The van der Waals surface area contributed by atoms with Gasteiger partial charge in [-0.3, -0.25) is 0 Å². The standard InChI is InChI=1S/C9H9ClF3NO.ClH/c10-6-1-5(2-7(11)3-6)8(14)9(12,13)4-15;/h1-3,8,15H,4,14H2;1H/t8-;/m0./s1. The van der Waals surface area contributed by atoms with Crippen molar-refractivity contribution in [1.82, 2.24) is 0 Å². The molecule has 0 aliphatic carbocycles. The van der Waals surface area contributed by atoms with E-state index in [2.05, 4.69) is 0 Å². The summed E-state index contributed by atoms with van der Waals surface area (Å²) in [6.07, 6.45) is 0. The Morgan fingerprint density at radius 1 is 1.38 bits per heavy atom. The third kappa shape index (κ3) is 3.52. The van der Waals surface area contributed by atoms with Crippen molar-refractivity contribution in [3.8, 4) is 0 Å². The zero-order chi connectivity index (χ0) is 11.6. The molecule has 1 atom stereocenters. The Morgan fingerprint density at radius 2 is 1.94 bits per heavy atom. The SMILES string of the molecule is Cl.N[C@@H](c1cc(F)cc(Cl)c1)C(F)(F)CO. The molecule has 92 valence electrons. The van der Waals surface area contributed by atoms with Crippen molar-refractivity contribution in [1.29, 1.82) is 0 Å². The molecule has 0 amide bonds. The number of hydrogen-bond donors (Lipinski definition) is 2. The lowest BCUT2D eigenvalue weighted by molar-refractivity contribution is -0.0712. The van der Waals surface area contributed by atoms with Gasteiger partial charge in [0.1, 0.15) is 12.4 Å². The van der Waals surface area contributed by atoms with Crippen LogP contribution in [0.15, 0.2) is 18.2 Å². The minimum atomic E-state index is -3.50. The third-order valence-electron chi connectivity index (χ3n) is 1.91. The average molecular weight is 276 g/mol. The third-order valence-corrected chi connectivity index (χ3v) is 2.13. The molecule has 1 aromatic rings. The van der Waals surface area contributed by atoms with Crippen LogP contribution in [0.3, 0.4) is 0 Å². The highest BCUT2D eigenvalue weighted by molar-refractivity contribution is 6.30. The number of nitrogens with two attached hydrogens (primary N) is 1. The number of hydrogen-bond acceptors (Lipinski definition) is 2. The summed E-state index contributed by atoms with van der Waals surface area (Å²) < 4.78 is 38.7. The van der Waals surface area contributed by atoms with Crippen molar-refractivity contribution in [3.63, 3.8) is 0 Å². The van der Waals surface area contributed by atoms with Crippen LogP contribution in [0.5, 0.6) is 0 Å². The van der Waals surface area contributed by atoms with Crippen LogP contribution in [-0.2, 0) is 0 Å². The molecule has 0 aromatic heterocycles. The van der Waals surface area contributed by atoms with E-state index in [4.69, 9.17) is 22.4 Å². The highest BCUT2D eigenvalue weighted by Gasteiger charge is 2.37. The molecule has 0 heterocycles. The smallest absolute Gasteiger partial charge is 0.289 e. The number of aliphatic hydroxyl groups excluding tert-OH is 1. The molecular weight excluding hydrogens is 266 g/mol. The second-order valence-corrected chi connectivity index (χ2v) is 3.54. The number of rotatable bonds is 3. The van der Waals surface area contributed by atoms with E-state index in [-0.39, 0.29) is 23.0 Å². The second kappa shape index (κ2) is 5.72. The van der Waals surface area contributed by atoms with Crippen LogP contribution < -0.4 is 5.73 Å². The maximum Gasteiger partial charge on any atom is 0.289 e. The highest BCUT2D eigenvalue weighted by atomic mass is 35.5. The monoisotopic (exact) mass is 275 g/mol. The first-order valence-corrected chi connectivity index (χ1v) is 4.45. The van der Waals surface area contributed by atoms with Gasteiger partial charge >= 0.3 is 0 Å². The van der Waals surface area contributed by atoms with Crippen LogP contribution in [0.4, 0.5) is 13.2 Å². The predicted octanol–water partition coefficient (Wildman–Crippen LogP) is 2.53. The summed E-state index contributed by atoms with van der Waals surface area (Å²) in [5, 5.41) is 8.39. The number of aliphatic hydroxyl groups is 1. The summed E-state index contributed by atoms with van der Waals surface area (Å²) in [7, 11) is 0. The summed E-state index contributed by atoms with van der Waals surface area (Å²) in [5.74, 6) is -4.25. The van der Waals surface area contributed by atoms with Crippen LogP contribution in [-0.4, -0.2) is 17.6 Å². The van der Waals surface area contributed by atoms with E-state index in [0.29, 0.717) is 0 Å². The van der Waals surface area contributed by atoms with Crippen molar-refractivity contribution in [2.24, 2.45) is 5.73 Å². The minimum absolute atomic E-state index is 0. The molecule has 0 fully saturated rings. The van der Waals surface area contributed by atoms with Crippen LogP contribution in [0.2, 0.25) is 5.02 Å². The van der Waals surface area contributed by atoms with Gasteiger partial charge in [-0.2, -0.15) is 0 Å². The van der Waals surface area contributed by atoms with Crippen LogP contribution in [0.1, 0.15) is 11.6 Å². The molecule has 0 saturated heterocycles. The van der Waals surface area contributed by atoms with Crippen molar-refractivity contribution >= 4 is 24.0 Å². The van der Waals surface area contributed by atoms with E-state index in [0.717, 1.165) is 18.2 Å². The molecule has 2 nitrogen and oxygen atoms in total. The fourth-order valence-electron chi connectivity index (χ4n) is 1.10. The van der Waals surface area contributed by atoms with E-state index in [1.807, 2.05) is 0 Å². The minimum Gasteiger partial charge on any atom is -0.390 e. The quantitative estimate of drug-likeness (QED) is 0.891. The number of benzene rings is 1. The molecular formula is C9H10Cl2F3NO. The molecule has 3 N–H and O–H groups in total. The molecule has 1 rings (SSSR count). The molecule has 0 aliphatic heterocycles. The molecule has 16 heavy (non-hydrogen) atoms. The Morgan fingerprint density at radius 3 is 2.38 bits per heavy atom. The Balaban J connectivity index is 0.00000225. The van der Waals surface area contributed by atoms with Crippen molar-refractivity contribution in [3.05, 3.63) is 34.6 Å². The number of alkyl halides is 2. The molecule has 0 unspecified atom stereocenters. The van der Waals surface area contributed by atoms with Crippen molar-refractivity contribution < 1.29 is 18.3 Å². The largest absolute Gasteiger partial charge is 0.390 e. The lowest BCUT2D eigenvalue weighted by Crippen LogP contribution is -2.36. The van der Waals surface area contributed by atoms with Gasteiger partial charge < -0.3 is 10.8 Å². The maximum atomic E-state index is 13.0. The van der Waals surface area contributed by atoms with Gasteiger partial charge in [-0.15, -0.1) is 12.4 Å². The first-order valence-electron chi connectivity index (χ1n) is 4.07. The molecule has 0 radical (unpaired) electrons. The molecule has 0 bridgehead atoms. The maximum absolute atomic E-state index is 13.0. The highest BCUT2D eigenvalue weighted by Crippen LogP contribution is 2.30. The van der Waals surface area contributed by atoms with Crippen LogP contribution in [0, 0.1) is 5.82 Å². The van der Waals surface area contributed by atoms with E-state index in [1.165, 1.54) is 0 Å². The molecule has 7 heteroatoms. The fraction of sp³-hybridized carbons (Fsp3) is 0.333. The lowest BCUT2D eigenvalue weighted by Gasteiger charge is -2.21. The van der Waals surface area contributed by atoms with Gasteiger partial charge in [0.05, 0.1) is 6.04 Å². The summed E-state index contributed by atoms with van der Waals surface area (Å²) in [5.41, 5.74) is 5.03. The van der Waals surface area contributed by atoms with Crippen LogP contribution >= 0.6 is 24.0 Å². The number of halogens is 5. The normalized spacial score (nSPS) is 13.1. The molecule has 0 saturated carbocycles. The van der Waals surface area contributed by atoms with Crippen molar-refractivity contribution in [2.45, 2.75) is 12.0 Å². The Hall–Kier alpha value is -0.490. The van der Waals surface area contributed by atoms with Gasteiger partial charge in [-0.25, -0.2) is 13.2 Å². The van der Waals surface area contributed by atoms with E-state index < -0.39 is 24.4 Å². The van der Waals surface area contributed by atoms with Gasteiger partial charge in [-0.05, 0) is 23.8 Å². The average Bonchev–Trinajstić information content (AvgIpc) is 2.15. The molecule has 0 spiro atoms. The summed E-state index contributed by atoms with van der Waals surface area (Å²) in [6, 6.07) is 1.20. The fourth-order valence-corrected chi connectivity index (χ4v) is 1.33. The Kier molecular flexibility index (Phi) is 5.55. The summed E-state index contributed by atoms with van der Waals surface area (Å²) in [4.78, 5) is 0.